The standard InChI is InChI=1S/C19H26N4O/c24-18(20-15-6-2-1-3-7-15)10-11-23-12-14(13-23)19-21-16-8-4-5-9-17(16)22-19/h4-5,8-9,14-15H,1-3,6-7,10-13H2,(H,20,24)(H,21,22). The van der Waals surface area contributed by atoms with Crippen LogP contribution in [-0.4, -0.2) is 46.5 Å². The molecule has 24 heavy (non-hydrogen) atoms. The fourth-order valence-electron chi connectivity index (χ4n) is 3.90. The number of para-hydroxylation sites is 2. The van der Waals surface area contributed by atoms with Crippen LogP contribution in [0.2, 0.25) is 0 Å². The number of carbonyl (C=O) groups is 1. The van der Waals surface area contributed by atoms with E-state index in [2.05, 4.69) is 26.3 Å². The van der Waals surface area contributed by atoms with Gasteiger partial charge < -0.3 is 15.2 Å². The predicted octanol–water partition coefficient (Wildman–Crippen LogP) is 2.80. The summed E-state index contributed by atoms with van der Waals surface area (Å²) in [5.41, 5.74) is 2.15. The van der Waals surface area contributed by atoms with Crippen molar-refractivity contribution in [3.8, 4) is 0 Å². The van der Waals surface area contributed by atoms with Crippen LogP contribution in [0.4, 0.5) is 0 Å². The lowest BCUT2D eigenvalue weighted by Gasteiger charge is -2.38. The molecule has 2 aliphatic rings. The minimum Gasteiger partial charge on any atom is -0.353 e. The molecule has 0 atom stereocenters. The van der Waals surface area contributed by atoms with Crippen LogP contribution in [0.3, 0.4) is 0 Å². The maximum absolute atomic E-state index is 12.1. The van der Waals surface area contributed by atoms with Gasteiger partial charge >= 0.3 is 0 Å². The Morgan fingerprint density at radius 3 is 2.79 bits per heavy atom. The molecule has 2 heterocycles. The van der Waals surface area contributed by atoms with Crippen molar-refractivity contribution in [3.05, 3.63) is 30.1 Å². The molecule has 0 radical (unpaired) electrons. The summed E-state index contributed by atoms with van der Waals surface area (Å²) >= 11 is 0. The van der Waals surface area contributed by atoms with Crippen LogP contribution in [0.15, 0.2) is 24.3 Å². The molecule has 2 fully saturated rings. The third kappa shape index (κ3) is 3.46. The van der Waals surface area contributed by atoms with Gasteiger partial charge in [-0.2, -0.15) is 0 Å². The fourth-order valence-corrected chi connectivity index (χ4v) is 3.90. The molecule has 1 aliphatic heterocycles. The molecule has 0 spiro atoms. The second-order valence-corrected chi connectivity index (χ2v) is 7.25. The van der Waals surface area contributed by atoms with Crippen LogP contribution in [0.1, 0.15) is 50.3 Å². The highest BCUT2D eigenvalue weighted by Crippen LogP contribution is 2.26. The number of imidazole rings is 1. The molecule has 1 aromatic carbocycles. The molecule has 1 aliphatic carbocycles. The number of H-pyrrole nitrogens is 1. The van der Waals surface area contributed by atoms with Crippen LogP contribution < -0.4 is 5.32 Å². The smallest absolute Gasteiger partial charge is 0.221 e. The first-order valence-electron chi connectivity index (χ1n) is 9.24. The Bertz CT molecular complexity index is 665. The summed E-state index contributed by atoms with van der Waals surface area (Å²) in [4.78, 5) is 22.5. The summed E-state index contributed by atoms with van der Waals surface area (Å²) in [5.74, 6) is 1.77. The van der Waals surface area contributed by atoms with E-state index in [0.717, 1.165) is 49.3 Å². The van der Waals surface area contributed by atoms with E-state index < -0.39 is 0 Å². The Morgan fingerprint density at radius 1 is 1.21 bits per heavy atom. The number of carbonyl (C=O) groups excluding carboxylic acids is 1. The minimum absolute atomic E-state index is 0.217. The van der Waals surface area contributed by atoms with E-state index in [0.29, 0.717) is 18.4 Å². The van der Waals surface area contributed by atoms with Crippen molar-refractivity contribution in [2.24, 2.45) is 0 Å². The number of aromatic amines is 1. The van der Waals surface area contributed by atoms with Crippen molar-refractivity contribution in [1.29, 1.82) is 0 Å². The summed E-state index contributed by atoms with van der Waals surface area (Å²) in [7, 11) is 0. The highest BCUT2D eigenvalue weighted by atomic mass is 16.1. The average Bonchev–Trinajstić information content (AvgIpc) is 2.97. The first-order valence-corrected chi connectivity index (χ1v) is 9.24. The summed E-state index contributed by atoms with van der Waals surface area (Å²) in [5, 5.41) is 3.20. The lowest BCUT2D eigenvalue weighted by Crippen LogP contribution is -2.47. The van der Waals surface area contributed by atoms with Gasteiger partial charge in [0.1, 0.15) is 5.82 Å². The van der Waals surface area contributed by atoms with E-state index in [-0.39, 0.29) is 5.91 Å². The molecule has 1 aromatic heterocycles. The fraction of sp³-hybridized carbons (Fsp3) is 0.579. The van der Waals surface area contributed by atoms with Gasteiger partial charge in [-0.1, -0.05) is 31.4 Å². The Morgan fingerprint density at radius 2 is 2.00 bits per heavy atom. The van der Waals surface area contributed by atoms with Crippen molar-refractivity contribution in [3.63, 3.8) is 0 Å². The molecule has 2 aromatic rings. The number of benzene rings is 1. The summed E-state index contributed by atoms with van der Waals surface area (Å²) < 4.78 is 0. The van der Waals surface area contributed by atoms with Crippen LogP contribution in [0, 0.1) is 0 Å². The van der Waals surface area contributed by atoms with Crippen LogP contribution >= 0.6 is 0 Å². The molecule has 4 rings (SSSR count). The van der Waals surface area contributed by atoms with E-state index in [4.69, 9.17) is 0 Å². The highest BCUT2D eigenvalue weighted by molar-refractivity contribution is 5.76. The van der Waals surface area contributed by atoms with Gasteiger partial charge in [-0.05, 0) is 25.0 Å². The molecule has 1 saturated carbocycles. The number of nitrogens with one attached hydrogen (secondary N) is 2. The topological polar surface area (TPSA) is 61.0 Å². The number of hydrogen-bond acceptors (Lipinski definition) is 3. The normalized spacial score (nSPS) is 20.2. The number of fused-ring (bicyclic) bond motifs is 1. The molecular formula is C19H26N4O. The number of nitrogens with zero attached hydrogens (tertiary/aromatic N) is 2. The van der Waals surface area contributed by atoms with E-state index in [1.54, 1.807) is 0 Å². The molecule has 128 valence electrons. The molecule has 5 nitrogen and oxygen atoms in total. The molecule has 1 amide bonds. The largest absolute Gasteiger partial charge is 0.353 e. The van der Waals surface area contributed by atoms with E-state index in [1.165, 1.54) is 19.3 Å². The lowest BCUT2D eigenvalue weighted by atomic mass is 9.95. The van der Waals surface area contributed by atoms with Gasteiger partial charge in [0, 0.05) is 38.0 Å². The summed E-state index contributed by atoms with van der Waals surface area (Å²) in [6.07, 6.45) is 6.77. The summed E-state index contributed by atoms with van der Waals surface area (Å²) in [6.45, 7) is 2.85. The number of amides is 1. The van der Waals surface area contributed by atoms with E-state index in [9.17, 15) is 4.79 Å². The Balaban J connectivity index is 1.21. The van der Waals surface area contributed by atoms with Crippen LogP contribution in [-0.2, 0) is 4.79 Å². The number of rotatable bonds is 5. The molecule has 2 N–H and O–H groups in total. The van der Waals surface area contributed by atoms with Crippen molar-refractivity contribution < 1.29 is 4.79 Å². The highest BCUT2D eigenvalue weighted by Gasteiger charge is 2.30. The monoisotopic (exact) mass is 326 g/mol. The van der Waals surface area contributed by atoms with Crippen molar-refractivity contribution in [2.75, 3.05) is 19.6 Å². The SMILES string of the molecule is O=C(CCN1CC(c2nc3ccccc3[nH]2)C1)NC1CCCCC1. The van der Waals surface area contributed by atoms with Crippen molar-refractivity contribution >= 4 is 16.9 Å². The lowest BCUT2D eigenvalue weighted by molar-refractivity contribution is -0.122. The van der Waals surface area contributed by atoms with E-state index >= 15 is 0 Å². The van der Waals surface area contributed by atoms with Crippen LogP contribution in [0.5, 0.6) is 0 Å². The van der Waals surface area contributed by atoms with Gasteiger partial charge in [-0.25, -0.2) is 4.98 Å². The minimum atomic E-state index is 0.217. The molecular weight excluding hydrogens is 300 g/mol. The first kappa shape index (κ1) is 15.6. The van der Waals surface area contributed by atoms with Gasteiger partial charge in [0.15, 0.2) is 0 Å². The third-order valence-electron chi connectivity index (χ3n) is 5.38. The second kappa shape index (κ2) is 6.93. The predicted molar refractivity (Wildman–Crippen MR) is 94.9 cm³/mol. The zero-order valence-corrected chi connectivity index (χ0v) is 14.1. The molecule has 0 unspecified atom stereocenters. The van der Waals surface area contributed by atoms with Gasteiger partial charge in [0.05, 0.1) is 11.0 Å². The maximum Gasteiger partial charge on any atom is 0.221 e. The molecule has 1 saturated heterocycles. The second-order valence-electron chi connectivity index (χ2n) is 7.25. The Kier molecular flexibility index (Phi) is 4.52. The average molecular weight is 326 g/mol. The summed E-state index contributed by atoms with van der Waals surface area (Å²) in [6, 6.07) is 8.58. The Hall–Kier alpha value is -1.88. The zero-order chi connectivity index (χ0) is 16.4. The van der Waals surface area contributed by atoms with Gasteiger partial charge in [0.25, 0.3) is 0 Å². The number of aromatic nitrogens is 2. The zero-order valence-electron chi connectivity index (χ0n) is 14.1. The molecule has 0 bridgehead atoms. The van der Waals surface area contributed by atoms with Gasteiger partial charge in [-0.3, -0.25) is 4.79 Å². The maximum atomic E-state index is 12.1. The number of likely N-dealkylation sites (tertiary alicyclic amines) is 1. The number of hydrogen-bond donors (Lipinski definition) is 2. The van der Waals surface area contributed by atoms with Crippen LogP contribution in [0.25, 0.3) is 11.0 Å². The third-order valence-corrected chi connectivity index (χ3v) is 5.38. The first-order chi connectivity index (χ1) is 11.8. The quantitative estimate of drug-likeness (QED) is 0.888. The van der Waals surface area contributed by atoms with E-state index in [1.807, 2.05) is 18.2 Å². The van der Waals surface area contributed by atoms with Crippen molar-refractivity contribution in [2.45, 2.75) is 50.5 Å². The Labute approximate surface area is 142 Å². The van der Waals surface area contributed by atoms with Crippen molar-refractivity contribution in [1.82, 2.24) is 20.2 Å². The van der Waals surface area contributed by atoms with Gasteiger partial charge in [0.2, 0.25) is 5.91 Å². The molecule has 5 heteroatoms. The van der Waals surface area contributed by atoms with Gasteiger partial charge in [-0.15, -0.1) is 0 Å².